The molecule has 1 aromatic heterocycles. The van der Waals surface area contributed by atoms with Crippen LogP contribution in [0.2, 0.25) is 0 Å². The molecule has 0 bridgehead atoms. The summed E-state index contributed by atoms with van der Waals surface area (Å²) in [7, 11) is 0. The van der Waals surface area contributed by atoms with Gasteiger partial charge in [0, 0.05) is 24.4 Å². The average Bonchev–Trinajstić information content (AvgIpc) is 2.91. The number of likely N-dealkylation sites (tertiary alicyclic amines) is 1. The van der Waals surface area contributed by atoms with E-state index in [1.807, 2.05) is 11.8 Å². The van der Waals surface area contributed by atoms with Gasteiger partial charge in [-0.15, -0.1) is 0 Å². The number of hydrogen-bond donors (Lipinski definition) is 2. The SMILES string of the molecule is N[C@@H]1CCN(Cc2ccc(SC3CCCCC3)o2)C[C@H]1O. The molecule has 3 rings (SSSR count). The van der Waals surface area contributed by atoms with E-state index in [-0.39, 0.29) is 6.04 Å². The summed E-state index contributed by atoms with van der Waals surface area (Å²) in [6.45, 7) is 2.35. The van der Waals surface area contributed by atoms with Crippen LogP contribution in [0.3, 0.4) is 0 Å². The summed E-state index contributed by atoms with van der Waals surface area (Å²) in [5, 5.41) is 11.6. The second kappa shape index (κ2) is 7.18. The molecule has 1 aliphatic carbocycles. The fourth-order valence-electron chi connectivity index (χ4n) is 3.23. The summed E-state index contributed by atoms with van der Waals surface area (Å²) in [5.41, 5.74) is 5.84. The Morgan fingerprint density at radius 3 is 2.81 bits per heavy atom. The van der Waals surface area contributed by atoms with Crippen LogP contribution in [0.4, 0.5) is 0 Å². The maximum atomic E-state index is 9.85. The third-order valence-corrected chi connectivity index (χ3v) is 5.83. The Morgan fingerprint density at radius 1 is 1.24 bits per heavy atom. The maximum absolute atomic E-state index is 9.85. The Labute approximate surface area is 131 Å². The molecule has 1 saturated carbocycles. The lowest BCUT2D eigenvalue weighted by Gasteiger charge is -2.33. The molecule has 3 N–H and O–H groups in total. The van der Waals surface area contributed by atoms with Crippen LogP contribution >= 0.6 is 11.8 Å². The molecule has 4 nitrogen and oxygen atoms in total. The minimum absolute atomic E-state index is 0.0738. The van der Waals surface area contributed by atoms with Crippen LogP contribution in [0.1, 0.15) is 44.3 Å². The number of rotatable bonds is 4. The van der Waals surface area contributed by atoms with Crippen LogP contribution in [0.5, 0.6) is 0 Å². The lowest BCUT2D eigenvalue weighted by Crippen LogP contribution is -2.50. The number of aliphatic hydroxyl groups is 1. The summed E-state index contributed by atoms with van der Waals surface area (Å²) in [6, 6.07) is 4.10. The zero-order chi connectivity index (χ0) is 14.7. The normalized spacial score (nSPS) is 28.9. The molecule has 2 aliphatic rings. The smallest absolute Gasteiger partial charge is 0.160 e. The van der Waals surface area contributed by atoms with E-state index in [2.05, 4.69) is 17.0 Å². The molecule has 21 heavy (non-hydrogen) atoms. The first-order valence-corrected chi connectivity index (χ1v) is 9.00. The highest BCUT2D eigenvalue weighted by atomic mass is 32.2. The van der Waals surface area contributed by atoms with Crippen molar-refractivity contribution in [1.29, 1.82) is 0 Å². The number of nitrogens with zero attached hydrogens (tertiary/aromatic N) is 1. The average molecular weight is 310 g/mol. The second-order valence-electron chi connectivity index (χ2n) is 6.35. The number of thioether (sulfide) groups is 1. The van der Waals surface area contributed by atoms with Crippen LogP contribution in [-0.2, 0) is 6.54 Å². The molecule has 0 radical (unpaired) electrons. The summed E-state index contributed by atoms with van der Waals surface area (Å²) < 4.78 is 5.96. The molecule has 2 fully saturated rings. The number of β-amino-alcohol motifs (C(OH)–C–C–N with tert-alkyl or cyclic N) is 1. The minimum atomic E-state index is -0.412. The van der Waals surface area contributed by atoms with Crippen LogP contribution in [-0.4, -0.2) is 40.5 Å². The monoisotopic (exact) mass is 310 g/mol. The summed E-state index contributed by atoms with van der Waals surface area (Å²) in [6.07, 6.45) is 7.18. The van der Waals surface area contributed by atoms with Crippen molar-refractivity contribution in [2.24, 2.45) is 5.73 Å². The first-order valence-electron chi connectivity index (χ1n) is 8.12. The van der Waals surface area contributed by atoms with Crippen LogP contribution < -0.4 is 5.73 Å². The van der Waals surface area contributed by atoms with E-state index in [1.165, 1.54) is 32.1 Å². The molecule has 0 unspecified atom stereocenters. The largest absolute Gasteiger partial charge is 0.454 e. The van der Waals surface area contributed by atoms with E-state index in [0.29, 0.717) is 6.54 Å². The number of aliphatic hydroxyl groups excluding tert-OH is 1. The van der Waals surface area contributed by atoms with Crippen molar-refractivity contribution in [1.82, 2.24) is 4.90 Å². The van der Waals surface area contributed by atoms with E-state index in [9.17, 15) is 5.11 Å². The fourth-order valence-corrected chi connectivity index (χ4v) is 4.43. The topological polar surface area (TPSA) is 62.6 Å². The molecule has 2 heterocycles. The van der Waals surface area contributed by atoms with Crippen molar-refractivity contribution in [3.63, 3.8) is 0 Å². The third-order valence-electron chi connectivity index (χ3n) is 4.57. The van der Waals surface area contributed by atoms with Gasteiger partial charge in [0.15, 0.2) is 5.09 Å². The van der Waals surface area contributed by atoms with E-state index >= 15 is 0 Å². The van der Waals surface area contributed by atoms with Gasteiger partial charge in [-0.05, 0) is 31.4 Å². The number of nitrogens with two attached hydrogens (primary N) is 1. The third kappa shape index (κ3) is 4.25. The number of hydrogen-bond acceptors (Lipinski definition) is 5. The van der Waals surface area contributed by atoms with E-state index in [1.54, 1.807) is 0 Å². The highest BCUT2D eigenvalue weighted by molar-refractivity contribution is 7.99. The van der Waals surface area contributed by atoms with Crippen molar-refractivity contribution in [2.75, 3.05) is 13.1 Å². The molecule has 1 aliphatic heterocycles. The van der Waals surface area contributed by atoms with E-state index < -0.39 is 6.10 Å². The number of furan rings is 1. The molecule has 0 spiro atoms. The molecular formula is C16H26N2O2S. The van der Waals surface area contributed by atoms with Gasteiger partial charge >= 0.3 is 0 Å². The molecule has 0 aromatic carbocycles. The van der Waals surface area contributed by atoms with Gasteiger partial charge in [-0.25, -0.2) is 0 Å². The number of piperidine rings is 1. The Kier molecular flexibility index (Phi) is 5.27. The standard InChI is InChI=1S/C16H26N2O2S/c17-14-8-9-18(11-15(14)19)10-12-6-7-16(20-12)21-13-4-2-1-3-5-13/h6-7,13-15,19H,1-5,8-11,17H2/t14-,15-/m1/s1. The van der Waals surface area contributed by atoms with E-state index in [0.717, 1.165) is 35.6 Å². The Morgan fingerprint density at radius 2 is 2.05 bits per heavy atom. The highest BCUT2D eigenvalue weighted by Gasteiger charge is 2.25. The predicted octanol–water partition coefficient (Wildman–Crippen LogP) is 2.60. The second-order valence-corrected chi connectivity index (χ2v) is 7.66. The first-order chi connectivity index (χ1) is 10.2. The Balaban J connectivity index is 1.50. The van der Waals surface area contributed by atoms with Gasteiger partial charge in [-0.1, -0.05) is 31.0 Å². The van der Waals surface area contributed by atoms with Gasteiger partial charge in [-0.2, -0.15) is 0 Å². The van der Waals surface area contributed by atoms with Crippen molar-refractivity contribution < 1.29 is 9.52 Å². The quantitative estimate of drug-likeness (QED) is 0.895. The summed E-state index contributed by atoms with van der Waals surface area (Å²) in [5.74, 6) is 0.996. The van der Waals surface area contributed by atoms with Gasteiger partial charge in [0.2, 0.25) is 0 Å². The molecule has 1 aromatic rings. The Bertz CT molecular complexity index is 445. The van der Waals surface area contributed by atoms with Crippen LogP contribution in [0.15, 0.2) is 21.6 Å². The maximum Gasteiger partial charge on any atom is 0.160 e. The van der Waals surface area contributed by atoms with Gasteiger partial charge in [-0.3, -0.25) is 4.90 Å². The Hall–Kier alpha value is -0.490. The summed E-state index contributed by atoms with van der Waals surface area (Å²) in [4.78, 5) is 2.22. The highest BCUT2D eigenvalue weighted by Crippen LogP contribution is 2.34. The van der Waals surface area contributed by atoms with Crippen LogP contribution in [0, 0.1) is 0 Å². The summed E-state index contributed by atoms with van der Waals surface area (Å²) >= 11 is 1.89. The van der Waals surface area contributed by atoms with Gasteiger partial charge in [0.05, 0.1) is 12.6 Å². The van der Waals surface area contributed by atoms with Gasteiger partial charge in [0.25, 0.3) is 0 Å². The van der Waals surface area contributed by atoms with Gasteiger partial charge < -0.3 is 15.3 Å². The molecule has 5 heteroatoms. The van der Waals surface area contributed by atoms with Crippen molar-refractivity contribution in [3.05, 3.63) is 17.9 Å². The molecule has 1 saturated heterocycles. The van der Waals surface area contributed by atoms with Crippen molar-refractivity contribution >= 4 is 11.8 Å². The molecule has 2 atom stereocenters. The lowest BCUT2D eigenvalue weighted by atomic mass is 10.0. The lowest BCUT2D eigenvalue weighted by molar-refractivity contribution is 0.0464. The molecular weight excluding hydrogens is 284 g/mol. The zero-order valence-electron chi connectivity index (χ0n) is 12.5. The van der Waals surface area contributed by atoms with Crippen LogP contribution in [0.25, 0.3) is 0 Å². The molecule has 118 valence electrons. The molecule has 0 amide bonds. The van der Waals surface area contributed by atoms with Crippen molar-refractivity contribution in [3.8, 4) is 0 Å². The van der Waals surface area contributed by atoms with Gasteiger partial charge in [0.1, 0.15) is 5.76 Å². The first kappa shape index (κ1) is 15.4. The fraction of sp³-hybridized carbons (Fsp3) is 0.750. The van der Waals surface area contributed by atoms with Crippen molar-refractivity contribution in [2.45, 2.75) is 67.6 Å². The predicted molar refractivity (Wildman–Crippen MR) is 85.3 cm³/mol. The van der Waals surface area contributed by atoms with E-state index in [4.69, 9.17) is 10.2 Å². The minimum Gasteiger partial charge on any atom is -0.454 e. The zero-order valence-corrected chi connectivity index (χ0v) is 13.4.